The van der Waals surface area contributed by atoms with Gasteiger partial charge in [-0.05, 0) is 6.08 Å². The first-order valence-corrected chi connectivity index (χ1v) is 4.29. The highest BCUT2D eigenvalue weighted by Crippen LogP contribution is 2.20. The van der Waals surface area contributed by atoms with Crippen molar-refractivity contribution in [3.05, 3.63) is 23.5 Å². The first-order valence-electron chi connectivity index (χ1n) is 4.29. The third-order valence-electron chi connectivity index (χ3n) is 2.23. The lowest BCUT2D eigenvalue weighted by Crippen LogP contribution is -2.34. The molecule has 0 atom stereocenters. The number of carbonyl (C=O) groups excluding carboxylic acids is 2. The molecule has 2 aliphatic heterocycles. The van der Waals surface area contributed by atoms with Crippen molar-refractivity contribution in [2.45, 2.75) is 6.42 Å². The lowest BCUT2D eigenvalue weighted by molar-refractivity contribution is -0.135. The van der Waals surface area contributed by atoms with Crippen molar-refractivity contribution in [1.29, 1.82) is 0 Å². The van der Waals surface area contributed by atoms with Gasteiger partial charge in [0, 0.05) is 19.2 Å². The molecule has 1 fully saturated rings. The summed E-state index contributed by atoms with van der Waals surface area (Å²) in [7, 11) is 1.31. The van der Waals surface area contributed by atoms with Crippen LogP contribution in [0.2, 0.25) is 0 Å². The van der Waals surface area contributed by atoms with Crippen LogP contribution in [-0.4, -0.2) is 30.4 Å². The number of Topliss-reactive ketones (excluding diaryl/α,β-unsaturated/α-hetero) is 1. The van der Waals surface area contributed by atoms with Gasteiger partial charge < -0.3 is 10.2 Å². The summed E-state index contributed by atoms with van der Waals surface area (Å²) < 4.78 is 4.55. The van der Waals surface area contributed by atoms with Gasteiger partial charge in [-0.2, -0.15) is 0 Å². The molecule has 5 heteroatoms. The number of hydrogen-bond donors (Lipinski definition) is 1. The average Bonchev–Trinajstić information content (AvgIpc) is 2.59. The Morgan fingerprint density at radius 1 is 1.64 bits per heavy atom. The lowest BCUT2D eigenvalue weighted by Gasteiger charge is -2.22. The number of nitrogens with zero attached hydrogens (tertiary/aromatic N) is 1. The summed E-state index contributed by atoms with van der Waals surface area (Å²) in [5, 5.41) is 1.72. The van der Waals surface area contributed by atoms with Gasteiger partial charge in [-0.3, -0.25) is 9.80 Å². The van der Waals surface area contributed by atoms with E-state index >= 15 is 0 Å². The van der Waals surface area contributed by atoms with Crippen molar-refractivity contribution in [2.24, 2.45) is 0 Å². The Morgan fingerprint density at radius 3 is 3.14 bits per heavy atom. The van der Waals surface area contributed by atoms with Crippen LogP contribution < -0.4 is 5.43 Å². The van der Waals surface area contributed by atoms with Crippen molar-refractivity contribution >= 4 is 11.8 Å². The van der Waals surface area contributed by atoms with E-state index < -0.39 is 5.97 Å². The number of ether oxygens (including phenoxy) is 1. The van der Waals surface area contributed by atoms with Crippen molar-refractivity contribution < 1.29 is 14.3 Å². The first kappa shape index (κ1) is 8.80. The van der Waals surface area contributed by atoms with Crippen molar-refractivity contribution in [3.8, 4) is 0 Å². The quantitative estimate of drug-likeness (QED) is 0.582. The zero-order valence-electron chi connectivity index (χ0n) is 7.74. The van der Waals surface area contributed by atoms with E-state index in [2.05, 4.69) is 10.2 Å². The van der Waals surface area contributed by atoms with Crippen LogP contribution in [0.5, 0.6) is 0 Å². The predicted molar refractivity (Wildman–Crippen MR) is 47.6 cm³/mol. The minimum atomic E-state index is -0.440. The zero-order valence-corrected chi connectivity index (χ0v) is 7.74. The summed E-state index contributed by atoms with van der Waals surface area (Å²) in [5.41, 5.74) is 3.76. The minimum Gasteiger partial charge on any atom is -0.465 e. The SMILES string of the molecule is COC(=O)C1=CNN2CCC(=O)C2=C1. The Bertz CT molecular complexity index is 357. The second kappa shape index (κ2) is 3.17. The third-order valence-corrected chi connectivity index (χ3v) is 2.23. The number of methoxy groups -OCH3 is 1. The van der Waals surface area contributed by atoms with E-state index in [1.165, 1.54) is 13.3 Å². The maximum Gasteiger partial charge on any atom is 0.339 e. The Morgan fingerprint density at radius 2 is 2.43 bits per heavy atom. The molecule has 2 rings (SSSR count). The minimum absolute atomic E-state index is 0.0482. The number of rotatable bonds is 1. The van der Waals surface area contributed by atoms with Gasteiger partial charge in [0.2, 0.25) is 0 Å². The number of fused-ring (bicyclic) bond motifs is 1. The van der Waals surface area contributed by atoms with E-state index in [0.29, 0.717) is 24.2 Å². The number of hydrazine groups is 1. The molecule has 14 heavy (non-hydrogen) atoms. The number of esters is 1. The molecule has 5 nitrogen and oxygen atoms in total. The van der Waals surface area contributed by atoms with Crippen LogP contribution in [0, 0.1) is 0 Å². The number of allylic oxidation sites excluding steroid dienone is 1. The molecule has 0 bridgehead atoms. The Kier molecular flexibility index (Phi) is 1.99. The molecular weight excluding hydrogens is 184 g/mol. The number of nitrogens with one attached hydrogen (secondary N) is 1. The van der Waals surface area contributed by atoms with Crippen LogP contribution in [0.4, 0.5) is 0 Å². The van der Waals surface area contributed by atoms with Gasteiger partial charge in [0.25, 0.3) is 0 Å². The van der Waals surface area contributed by atoms with Crippen LogP contribution in [0.3, 0.4) is 0 Å². The van der Waals surface area contributed by atoms with Crippen LogP contribution in [0.15, 0.2) is 23.5 Å². The van der Waals surface area contributed by atoms with E-state index in [1.54, 1.807) is 11.1 Å². The Balaban J connectivity index is 2.26. The highest BCUT2D eigenvalue weighted by Gasteiger charge is 2.28. The van der Waals surface area contributed by atoms with Gasteiger partial charge in [0.1, 0.15) is 5.70 Å². The summed E-state index contributed by atoms with van der Waals surface area (Å²) in [4.78, 5) is 22.5. The largest absolute Gasteiger partial charge is 0.465 e. The Labute approximate surface area is 81.0 Å². The average molecular weight is 194 g/mol. The number of hydrogen-bond acceptors (Lipinski definition) is 5. The van der Waals surface area contributed by atoms with Crippen LogP contribution in [0.1, 0.15) is 6.42 Å². The normalized spacial score (nSPS) is 19.5. The van der Waals surface area contributed by atoms with Crippen molar-refractivity contribution in [2.75, 3.05) is 13.7 Å². The maximum absolute atomic E-state index is 11.3. The van der Waals surface area contributed by atoms with Crippen molar-refractivity contribution in [3.63, 3.8) is 0 Å². The van der Waals surface area contributed by atoms with E-state index in [0.717, 1.165) is 0 Å². The molecule has 1 N–H and O–H groups in total. The van der Waals surface area contributed by atoms with Crippen LogP contribution in [-0.2, 0) is 14.3 Å². The smallest absolute Gasteiger partial charge is 0.339 e. The fraction of sp³-hybridized carbons (Fsp3) is 0.333. The van der Waals surface area contributed by atoms with Gasteiger partial charge in [0.05, 0.1) is 12.7 Å². The van der Waals surface area contributed by atoms with Gasteiger partial charge >= 0.3 is 5.97 Å². The summed E-state index contributed by atoms with van der Waals surface area (Å²) in [6.07, 6.45) is 3.58. The van der Waals surface area contributed by atoms with Crippen molar-refractivity contribution in [1.82, 2.24) is 10.4 Å². The molecule has 74 valence electrons. The topological polar surface area (TPSA) is 58.6 Å². The highest BCUT2D eigenvalue weighted by molar-refractivity contribution is 6.01. The number of ketones is 1. The monoisotopic (exact) mass is 194 g/mol. The molecule has 2 aliphatic rings. The molecule has 0 aliphatic carbocycles. The van der Waals surface area contributed by atoms with Gasteiger partial charge in [0.15, 0.2) is 5.78 Å². The summed E-state index contributed by atoms with van der Waals surface area (Å²) >= 11 is 0. The van der Waals surface area contributed by atoms with E-state index in [-0.39, 0.29) is 5.78 Å². The molecule has 0 unspecified atom stereocenters. The van der Waals surface area contributed by atoms with Gasteiger partial charge in [-0.25, -0.2) is 4.79 Å². The molecule has 0 spiro atoms. The fourth-order valence-corrected chi connectivity index (χ4v) is 1.48. The van der Waals surface area contributed by atoms with E-state index in [4.69, 9.17) is 0 Å². The zero-order chi connectivity index (χ0) is 10.1. The van der Waals surface area contributed by atoms with E-state index in [9.17, 15) is 9.59 Å². The molecule has 0 aromatic carbocycles. The standard InChI is InChI=1S/C9H10N2O3/c1-14-9(13)6-4-7-8(12)2-3-11(7)10-5-6/h4-5,10H,2-3H2,1H3. The second-order valence-electron chi connectivity index (χ2n) is 3.07. The van der Waals surface area contributed by atoms with E-state index in [1.807, 2.05) is 0 Å². The predicted octanol–water partition coefficient (Wildman–Crippen LogP) is -0.280. The highest BCUT2D eigenvalue weighted by atomic mass is 16.5. The molecule has 0 aromatic rings. The van der Waals surface area contributed by atoms with Crippen LogP contribution >= 0.6 is 0 Å². The summed E-state index contributed by atoms with van der Waals surface area (Å²) in [6.45, 7) is 0.648. The molecule has 0 aromatic heterocycles. The second-order valence-corrected chi connectivity index (χ2v) is 3.07. The maximum atomic E-state index is 11.3. The number of carbonyl (C=O) groups is 2. The van der Waals surface area contributed by atoms with Gasteiger partial charge in [-0.15, -0.1) is 0 Å². The molecule has 0 radical (unpaired) electrons. The molecular formula is C9H10N2O3. The summed E-state index contributed by atoms with van der Waals surface area (Å²) in [6, 6.07) is 0. The first-order chi connectivity index (χ1) is 6.72. The molecule has 0 amide bonds. The summed E-state index contributed by atoms with van der Waals surface area (Å²) in [5.74, 6) is -0.392. The van der Waals surface area contributed by atoms with Crippen LogP contribution in [0.25, 0.3) is 0 Å². The third kappa shape index (κ3) is 1.26. The molecule has 1 saturated heterocycles. The van der Waals surface area contributed by atoms with Gasteiger partial charge in [-0.1, -0.05) is 0 Å². The lowest BCUT2D eigenvalue weighted by atomic mass is 10.2. The Hall–Kier alpha value is -1.78. The molecule has 0 saturated carbocycles. The fourth-order valence-electron chi connectivity index (χ4n) is 1.48. The molecule has 2 heterocycles.